The van der Waals surface area contributed by atoms with Gasteiger partial charge in [-0.05, 0) is 141 Å². The summed E-state index contributed by atoms with van der Waals surface area (Å²) < 4.78 is 61.0. The van der Waals surface area contributed by atoms with Crippen molar-refractivity contribution in [2.24, 2.45) is 0 Å². The Labute approximate surface area is 575 Å². The Hall–Kier alpha value is -4.57. The molecule has 0 heterocycles. The lowest BCUT2D eigenvalue weighted by Gasteiger charge is -2.21. The lowest BCUT2D eigenvalue weighted by molar-refractivity contribution is -0.161. The highest BCUT2D eigenvalue weighted by molar-refractivity contribution is 7.47. The largest absolute Gasteiger partial charge is 0.472 e. The Bertz CT molecular complexity index is 2310. The van der Waals surface area contributed by atoms with Crippen LogP contribution in [0, 0.1) is 0 Å². The number of ether oxygens (including phenoxy) is 3. The van der Waals surface area contributed by atoms with E-state index in [1.807, 2.05) is 0 Å². The number of aliphatic hydroxyl groups excluding tert-OH is 2. The smallest absolute Gasteiger partial charge is 0.463 e. The molecule has 0 fully saturated rings. The molecule has 5 atom stereocenters. The molecule has 18 heteroatoms. The SMILES string of the molecule is CC/C=C\C/C=C\C/C=C\C/C=C\C/C=C\CCCCCCCCCC(=O)OCC(O)COP(=O)(O)OCC(O)COP(=O)(O)OCC(COC(=O)CCCCCCC/C=C\C/C=C\C/C=C\C/C=C\C/C=C\CC)OC(=O)CCCCCCC/C=C\C/C=C\CCCCC. The maximum absolute atomic E-state index is 12.9. The molecule has 0 rings (SSSR count). The number of phosphoric acid groups is 2. The Morgan fingerprint density at radius 1 is 0.305 bits per heavy atom. The second-order valence-electron chi connectivity index (χ2n) is 23.6. The zero-order valence-electron chi connectivity index (χ0n) is 58.8. The molecule has 95 heavy (non-hydrogen) atoms. The van der Waals surface area contributed by atoms with E-state index in [-0.39, 0.29) is 19.3 Å². The van der Waals surface area contributed by atoms with E-state index in [1.165, 1.54) is 19.3 Å². The topological polar surface area (TPSA) is 231 Å². The van der Waals surface area contributed by atoms with Gasteiger partial charge in [-0.25, -0.2) is 9.13 Å². The Kier molecular flexibility index (Phi) is 66.0. The zero-order chi connectivity index (χ0) is 69.5. The van der Waals surface area contributed by atoms with Crippen LogP contribution in [0.2, 0.25) is 0 Å². The third-order valence-electron chi connectivity index (χ3n) is 14.5. The molecular formula is C77H128O16P2. The van der Waals surface area contributed by atoms with Crippen LogP contribution in [0.5, 0.6) is 0 Å². The summed E-state index contributed by atoms with van der Waals surface area (Å²) in [6, 6.07) is 0. The second-order valence-corrected chi connectivity index (χ2v) is 26.5. The third-order valence-corrected chi connectivity index (χ3v) is 16.4. The summed E-state index contributed by atoms with van der Waals surface area (Å²) in [4.78, 5) is 58.5. The number of carbonyl (C=O) groups excluding carboxylic acids is 3. The Morgan fingerprint density at radius 2 is 0.558 bits per heavy atom. The van der Waals surface area contributed by atoms with Crippen LogP contribution in [-0.4, -0.2) is 95.9 Å². The van der Waals surface area contributed by atoms with Crippen LogP contribution in [-0.2, 0) is 55.8 Å². The van der Waals surface area contributed by atoms with Gasteiger partial charge < -0.3 is 34.2 Å². The average Bonchev–Trinajstić information content (AvgIpc) is 1.93. The lowest BCUT2D eigenvalue weighted by atomic mass is 10.1. The average molecular weight is 1370 g/mol. The van der Waals surface area contributed by atoms with Crippen LogP contribution in [0.15, 0.2) is 146 Å². The van der Waals surface area contributed by atoms with Crippen LogP contribution in [0.1, 0.15) is 265 Å². The van der Waals surface area contributed by atoms with Crippen molar-refractivity contribution in [2.45, 2.75) is 283 Å². The molecule has 0 aromatic heterocycles. The summed E-state index contributed by atoms with van der Waals surface area (Å²) in [5.74, 6) is -1.63. The molecular weight excluding hydrogens is 1240 g/mol. The fraction of sp³-hybridized carbons (Fsp3) is 0.649. The first-order valence-corrected chi connectivity index (χ1v) is 39.1. The molecule has 0 aliphatic rings. The number of allylic oxidation sites excluding steroid dienone is 24. The maximum atomic E-state index is 12.9. The van der Waals surface area contributed by atoms with Gasteiger partial charge in [0.25, 0.3) is 0 Å². The molecule has 0 saturated carbocycles. The minimum absolute atomic E-state index is 0.0793. The van der Waals surface area contributed by atoms with E-state index >= 15 is 0 Å². The van der Waals surface area contributed by atoms with E-state index < -0.39 is 91.5 Å². The molecule has 0 aromatic rings. The van der Waals surface area contributed by atoms with Gasteiger partial charge in [-0.3, -0.25) is 32.5 Å². The van der Waals surface area contributed by atoms with Gasteiger partial charge in [0.15, 0.2) is 6.10 Å². The summed E-state index contributed by atoms with van der Waals surface area (Å²) in [7, 11) is -9.80. The van der Waals surface area contributed by atoms with Crippen molar-refractivity contribution < 1.29 is 75.8 Å². The number of rotatable bonds is 67. The second kappa shape index (κ2) is 69.3. The summed E-state index contributed by atoms with van der Waals surface area (Å²) in [5.41, 5.74) is 0. The number of esters is 3. The summed E-state index contributed by atoms with van der Waals surface area (Å²) in [6.07, 6.45) is 83.1. The minimum atomic E-state index is -4.94. The molecule has 0 aromatic carbocycles. The molecule has 0 aliphatic carbocycles. The highest BCUT2D eigenvalue weighted by atomic mass is 31.2. The molecule has 0 saturated heterocycles. The van der Waals surface area contributed by atoms with Gasteiger partial charge in [0, 0.05) is 19.3 Å². The molecule has 0 amide bonds. The number of hydrogen-bond acceptors (Lipinski definition) is 14. The van der Waals surface area contributed by atoms with Crippen LogP contribution >= 0.6 is 15.6 Å². The number of carbonyl (C=O) groups is 3. The van der Waals surface area contributed by atoms with E-state index in [2.05, 4.69) is 167 Å². The predicted octanol–water partition coefficient (Wildman–Crippen LogP) is 20.5. The number of aliphatic hydroxyl groups is 2. The quantitative estimate of drug-likeness (QED) is 0.0146. The number of unbranched alkanes of at least 4 members (excludes halogenated alkanes) is 20. The van der Waals surface area contributed by atoms with Gasteiger partial charge in [0.2, 0.25) is 0 Å². The van der Waals surface area contributed by atoms with Gasteiger partial charge in [-0.1, -0.05) is 250 Å². The summed E-state index contributed by atoms with van der Waals surface area (Å²) in [5, 5.41) is 20.6. The molecule has 0 spiro atoms. The number of hydrogen-bond donors (Lipinski definition) is 4. The van der Waals surface area contributed by atoms with Gasteiger partial charge in [0.1, 0.15) is 25.4 Å². The maximum Gasteiger partial charge on any atom is 0.472 e. The summed E-state index contributed by atoms with van der Waals surface area (Å²) >= 11 is 0. The van der Waals surface area contributed by atoms with Crippen molar-refractivity contribution in [3.05, 3.63) is 146 Å². The molecule has 0 radical (unpaired) electrons. The highest BCUT2D eigenvalue weighted by Gasteiger charge is 2.29. The van der Waals surface area contributed by atoms with Crippen molar-refractivity contribution in [3.63, 3.8) is 0 Å². The van der Waals surface area contributed by atoms with Crippen molar-refractivity contribution in [2.75, 3.05) is 39.6 Å². The lowest BCUT2D eigenvalue weighted by Crippen LogP contribution is -2.30. The molecule has 4 N–H and O–H groups in total. The van der Waals surface area contributed by atoms with Crippen molar-refractivity contribution in [1.29, 1.82) is 0 Å². The highest BCUT2D eigenvalue weighted by Crippen LogP contribution is 2.45. The molecule has 542 valence electrons. The fourth-order valence-corrected chi connectivity index (χ4v) is 10.6. The normalized spacial score (nSPS) is 15.0. The first-order valence-electron chi connectivity index (χ1n) is 36.1. The molecule has 16 nitrogen and oxygen atoms in total. The van der Waals surface area contributed by atoms with Crippen molar-refractivity contribution in [3.8, 4) is 0 Å². The first-order chi connectivity index (χ1) is 46.2. The standard InChI is InChI=1S/C77H128O16P2/c1-4-7-10-13-16-19-22-25-28-30-32-34-35-37-39-40-43-45-48-51-54-57-60-63-75(80)87-66-72(78)67-89-94(83,84)90-68-73(79)69-91-95(85,86)92-71-74(93-77(82)65-62-59-56-53-50-47-42-27-24-21-18-15-12-9-6-3)70-88-76(81)64-61-58-55-52-49-46-44-41-38-36-33-31-29-26-23-20-17-14-11-8-5-2/h7-8,10-11,16-21,25-29,32-34,36-37,39,41-42,44,72-74,78-79H,4-6,9,12-15,22-24,30-31,35,38,40,43,45-71H2,1-3H3,(H,83,84)(H,85,86)/b10-7-,11-8-,19-16-,20-17-,21-18-,28-25-,29-26-,34-32-,36-33-,39-37-,42-27-,44-41-. The van der Waals surface area contributed by atoms with E-state index in [0.29, 0.717) is 19.3 Å². The molecule has 0 bridgehead atoms. The summed E-state index contributed by atoms with van der Waals surface area (Å²) in [6.45, 7) is 2.35. The minimum Gasteiger partial charge on any atom is -0.463 e. The van der Waals surface area contributed by atoms with Gasteiger partial charge in [-0.2, -0.15) is 0 Å². The van der Waals surface area contributed by atoms with Crippen molar-refractivity contribution in [1.82, 2.24) is 0 Å². The Balaban J connectivity index is 4.68. The van der Waals surface area contributed by atoms with Crippen LogP contribution in [0.25, 0.3) is 0 Å². The monoisotopic (exact) mass is 1370 g/mol. The number of phosphoric ester groups is 2. The van der Waals surface area contributed by atoms with E-state index in [1.54, 1.807) is 0 Å². The predicted molar refractivity (Wildman–Crippen MR) is 389 cm³/mol. The van der Waals surface area contributed by atoms with Crippen molar-refractivity contribution >= 4 is 33.6 Å². The third kappa shape index (κ3) is 70.6. The first kappa shape index (κ1) is 90.4. The van der Waals surface area contributed by atoms with Gasteiger partial charge in [-0.15, -0.1) is 0 Å². The van der Waals surface area contributed by atoms with Crippen LogP contribution in [0.4, 0.5) is 0 Å². The molecule has 0 aliphatic heterocycles. The van der Waals surface area contributed by atoms with E-state index in [0.717, 1.165) is 186 Å². The molecule has 5 unspecified atom stereocenters. The van der Waals surface area contributed by atoms with Gasteiger partial charge in [0.05, 0.1) is 26.4 Å². The zero-order valence-corrected chi connectivity index (χ0v) is 60.6. The van der Waals surface area contributed by atoms with E-state index in [9.17, 15) is 43.5 Å². The van der Waals surface area contributed by atoms with Crippen LogP contribution in [0.3, 0.4) is 0 Å². The van der Waals surface area contributed by atoms with Crippen LogP contribution < -0.4 is 0 Å². The Morgan fingerprint density at radius 3 is 0.884 bits per heavy atom. The van der Waals surface area contributed by atoms with E-state index in [4.69, 9.17) is 32.3 Å². The van der Waals surface area contributed by atoms with Gasteiger partial charge >= 0.3 is 33.6 Å². The fourth-order valence-electron chi connectivity index (χ4n) is 9.06.